The van der Waals surface area contributed by atoms with Crippen molar-refractivity contribution in [1.82, 2.24) is 0 Å². The van der Waals surface area contributed by atoms with Crippen molar-refractivity contribution in [2.24, 2.45) is 0 Å². The summed E-state index contributed by atoms with van der Waals surface area (Å²) in [6.45, 7) is 12.3. The van der Waals surface area contributed by atoms with E-state index in [1.165, 1.54) is 82.6 Å². The fourth-order valence-electron chi connectivity index (χ4n) is 2.71. The van der Waals surface area contributed by atoms with E-state index in [0.29, 0.717) is 6.61 Å². The smallest absolute Gasteiger partial charge is 0.331 e. The van der Waals surface area contributed by atoms with Gasteiger partial charge in [-0.1, -0.05) is 89.2 Å². The third-order valence-electron chi connectivity index (χ3n) is 4.37. The molecule has 0 unspecified atom stereocenters. The fourth-order valence-corrected chi connectivity index (χ4v) is 3.92. The van der Waals surface area contributed by atoms with Gasteiger partial charge in [-0.05, 0) is 33.4 Å². The van der Waals surface area contributed by atoms with Gasteiger partial charge in [-0.15, -0.1) is 0 Å². The topological polar surface area (TPSA) is 18.5 Å². The maximum absolute atomic E-state index is 5.99. The molecule has 0 bridgehead atoms. The molecule has 0 saturated heterocycles. The molecule has 24 heavy (non-hydrogen) atoms. The lowest BCUT2D eigenvalue weighted by molar-refractivity contribution is 0.190. The van der Waals surface area contributed by atoms with E-state index in [4.69, 9.17) is 8.85 Å². The van der Waals surface area contributed by atoms with Crippen molar-refractivity contribution in [3.8, 4) is 0 Å². The molecule has 0 aliphatic carbocycles. The Balaban J connectivity index is 3.31. The zero-order chi connectivity index (χ0) is 18.1. The second kappa shape index (κ2) is 16.4. The molecular formula is C21H44O2Si. The Morgan fingerprint density at radius 1 is 0.708 bits per heavy atom. The zero-order valence-electron chi connectivity index (χ0n) is 17.3. The zero-order valence-corrected chi connectivity index (χ0v) is 18.3. The number of hydrogen-bond donors (Lipinski definition) is 0. The number of allylic oxidation sites excluding steroid dienone is 1. The van der Waals surface area contributed by atoms with Crippen molar-refractivity contribution in [1.29, 1.82) is 0 Å². The first-order valence-electron chi connectivity index (χ1n) is 10.4. The highest BCUT2D eigenvalue weighted by atomic mass is 28.4. The Hall–Kier alpha value is -0.123. The molecule has 0 N–H and O–H groups in total. The van der Waals surface area contributed by atoms with Crippen molar-refractivity contribution < 1.29 is 8.85 Å². The average molecular weight is 357 g/mol. The van der Waals surface area contributed by atoms with Crippen LogP contribution >= 0.6 is 0 Å². The van der Waals surface area contributed by atoms with Gasteiger partial charge in [0.2, 0.25) is 0 Å². The summed E-state index contributed by atoms with van der Waals surface area (Å²) in [4.78, 5) is 0. The lowest BCUT2D eigenvalue weighted by Crippen LogP contribution is -2.35. The molecule has 0 heterocycles. The number of rotatable bonds is 17. The third kappa shape index (κ3) is 18.2. The van der Waals surface area contributed by atoms with Crippen LogP contribution in [-0.4, -0.2) is 21.8 Å². The Morgan fingerprint density at radius 3 is 1.62 bits per heavy atom. The summed E-state index contributed by atoms with van der Waals surface area (Å²) in [5.74, 6) is 0. The van der Waals surface area contributed by atoms with Gasteiger partial charge in [0.05, 0.1) is 6.61 Å². The molecule has 0 aromatic rings. The molecule has 3 heteroatoms. The monoisotopic (exact) mass is 356 g/mol. The standard InChI is InChI=1S/C21H44O2Si/c1-6-7-8-9-10-11-12-13-14-15-16-17-19-22-24(4,5)23-20-18-21(2)3/h18H,6-17,19-20H2,1-5H3. The van der Waals surface area contributed by atoms with Gasteiger partial charge in [0, 0.05) is 6.61 Å². The van der Waals surface area contributed by atoms with Crippen molar-refractivity contribution in [3.63, 3.8) is 0 Å². The van der Waals surface area contributed by atoms with Gasteiger partial charge < -0.3 is 8.85 Å². The number of unbranched alkanes of at least 4 members (excludes halogenated alkanes) is 11. The molecular weight excluding hydrogens is 312 g/mol. The van der Waals surface area contributed by atoms with E-state index in [2.05, 4.69) is 39.9 Å². The summed E-state index contributed by atoms with van der Waals surface area (Å²) in [6, 6.07) is 0. The molecule has 0 amide bonds. The van der Waals surface area contributed by atoms with E-state index in [1.807, 2.05) is 0 Å². The SMILES string of the molecule is CCCCCCCCCCCCCCO[Si](C)(C)OCC=C(C)C. The van der Waals surface area contributed by atoms with Crippen LogP contribution in [0.4, 0.5) is 0 Å². The molecule has 0 rings (SSSR count). The van der Waals surface area contributed by atoms with Crippen molar-refractivity contribution in [2.75, 3.05) is 13.2 Å². The minimum absolute atomic E-state index is 0.694. The normalized spacial score (nSPS) is 11.7. The van der Waals surface area contributed by atoms with Crippen LogP contribution in [-0.2, 0) is 8.85 Å². The van der Waals surface area contributed by atoms with Gasteiger partial charge >= 0.3 is 8.56 Å². The summed E-state index contributed by atoms with van der Waals surface area (Å²) >= 11 is 0. The first-order valence-corrected chi connectivity index (χ1v) is 13.2. The van der Waals surface area contributed by atoms with E-state index < -0.39 is 8.56 Å². The van der Waals surface area contributed by atoms with Crippen LogP contribution in [0.5, 0.6) is 0 Å². The summed E-state index contributed by atoms with van der Waals surface area (Å²) in [5.41, 5.74) is 1.31. The molecule has 0 atom stereocenters. The van der Waals surface area contributed by atoms with Crippen LogP contribution in [0.1, 0.15) is 97.8 Å². The van der Waals surface area contributed by atoms with E-state index in [9.17, 15) is 0 Å². The third-order valence-corrected chi connectivity index (χ3v) is 6.13. The Bertz CT molecular complexity index is 296. The highest BCUT2D eigenvalue weighted by Gasteiger charge is 2.23. The van der Waals surface area contributed by atoms with Crippen molar-refractivity contribution >= 4 is 8.56 Å². The molecule has 0 aromatic carbocycles. The predicted octanol–water partition coefficient (Wildman–Crippen LogP) is 7.39. The number of hydrogen-bond acceptors (Lipinski definition) is 2. The first-order chi connectivity index (χ1) is 11.5. The molecule has 144 valence electrons. The van der Waals surface area contributed by atoms with Gasteiger partial charge in [-0.25, -0.2) is 0 Å². The average Bonchev–Trinajstić information content (AvgIpc) is 2.51. The Morgan fingerprint density at radius 2 is 1.17 bits per heavy atom. The lowest BCUT2D eigenvalue weighted by Gasteiger charge is -2.22. The molecule has 0 fully saturated rings. The van der Waals surface area contributed by atoms with E-state index in [0.717, 1.165) is 6.61 Å². The Kier molecular flexibility index (Phi) is 16.3. The highest BCUT2D eigenvalue weighted by molar-refractivity contribution is 6.64. The van der Waals surface area contributed by atoms with Gasteiger partial charge in [0.15, 0.2) is 0 Å². The van der Waals surface area contributed by atoms with Gasteiger partial charge in [0.1, 0.15) is 0 Å². The summed E-state index contributed by atoms with van der Waals surface area (Å²) < 4.78 is 11.9. The van der Waals surface area contributed by atoms with Crippen molar-refractivity contribution in [2.45, 2.75) is 111 Å². The van der Waals surface area contributed by atoms with Crippen molar-refractivity contribution in [3.05, 3.63) is 11.6 Å². The van der Waals surface area contributed by atoms with Crippen LogP contribution in [0.2, 0.25) is 13.1 Å². The summed E-state index contributed by atoms with van der Waals surface area (Å²) in [6.07, 6.45) is 18.8. The van der Waals surface area contributed by atoms with Crippen LogP contribution in [0, 0.1) is 0 Å². The molecule has 0 aromatic heterocycles. The van der Waals surface area contributed by atoms with E-state index in [1.54, 1.807) is 0 Å². The minimum Gasteiger partial charge on any atom is -0.395 e. The second-order valence-corrected chi connectivity index (χ2v) is 11.1. The second-order valence-electron chi connectivity index (χ2n) is 7.73. The highest BCUT2D eigenvalue weighted by Crippen LogP contribution is 2.13. The van der Waals surface area contributed by atoms with Crippen LogP contribution in [0.15, 0.2) is 11.6 Å². The minimum atomic E-state index is -1.91. The maximum atomic E-state index is 5.99. The molecule has 0 aliphatic heterocycles. The largest absolute Gasteiger partial charge is 0.395 e. The molecule has 0 radical (unpaired) electrons. The lowest BCUT2D eigenvalue weighted by atomic mass is 10.1. The van der Waals surface area contributed by atoms with E-state index in [-0.39, 0.29) is 0 Å². The van der Waals surface area contributed by atoms with Gasteiger partial charge in [-0.2, -0.15) is 0 Å². The maximum Gasteiger partial charge on any atom is 0.331 e. The molecule has 0 saturated carbocycles. The first kappa shape index (κ1) is 23.9. The van der Waals surface area contributed by atoms with Gasteiger partial charge in [-0.3, -0.25) is 0 Å². The van der Waals surface area contributed by atoms with Crippen LogP contribution in [0.3, 0.4) is 0 Å². The quantitative estimate of drug-likeness (QED) is 0.154. The Labute approximate surface area is 153 Å². The fraction of sp³-hybridized carbons (Fsp3) is 0.905. The van der Waals surface area contributed by atoms with Crippen LogP contribution in [0.25, 0.3) is 0 Å². The predicted molar refractivity (Wildman–Crippen MR) is 110 cm³/mol. The van der Waals surface area contributed by atoms with Gasteiger partial charge in [0.25, 0.3) is 0 Å². The van der Waals surface area contributed by atoms with Crippen LogP contribution < -0.4 is 0 Å². The summed E-state index contributed by atoms with van der Waals surface area (Å²) in [5, 5.41) is 0. The molecule has 0 aliphatic rings. The molecule has 0 spiro atoms. The summed E-state index contributed by atoms with van der Waals surface area (Å²) in [7, 11) is -1.91. The molecule has 2 nitrogen and oxygen atoms in total. The van der Waals surface area contributed by atoms with E-state index >= 15 is 0 Å².